The second-order valence-corrected chi connectivity index (χ2v) is 4.56. The smallest absolute Gasteiger partial charge is 0.0669 e. The highest BCUT2D eigenvalue weighted by Crippen LogP contribution is 2.19. The molecule has 0 aliphatic carbocycles. The number of nitrogens with zero attached hydrogens (tertiary/aromatic N) is 2. The minimum atomic E-state index is 0.0333. The van der Waals surface area contributed by atoms with Crippen LogP contribution in [-0.2, 0) is 13.0 Å². The third kappa shape index (κ3) is 2.90. The molecule has 2 rings (SSSR count). The summed E-state index contributed by atoms with van der Waals surface area (Å²) in [6.45, 7) is 2.89. The Bertz CT molecular complexity index is 509. The Balaban J connectivity index is 2.20. The summed E-state index contributed by atoms with van der Waals surface area (Å²) in [6, 6.07) is 9.83. The topological polar surface area (TPSA) is 55.9 Å². The molecule has 3 N–H and O–H groups in total. The van der Waals surface area contributed by atoms with E-state index in [9.17, 15) is 0 Å². The summed E-state index contributed by atoms with van der Waals surface area (Å²) in [5.74, 6) is 5.65. The molecule has 0 fully saturated rings. The van der Waals surface area contributed by atoms with Crippen molar-refractivity contribution in [3.05, 3.63) is 52.8 Å². The molecule has 5 heteroatoms. The number of halogens is 1. The molecule has 0 spiro atoms. The zero-order valence-corrected chi connectivity index (χ0v) is 11.1. The maximum atomic E-state index is 5.99. The molecular formula is C13H17ClN4. The third-order valence-electron chi connectivity index (χ3n) is 2.94. The molecule has 0 saturated carbocycles. The summed E-state index contributed by atoms with van der Waals surface area (Å²) in [5.41, 5.74) is 5.07. The van der Waals surface area contributed by atoms with Crippen molar-refractivity contribution in [3.8, 4) is 0 Å². The third-order valence-corrected chi connectivity index (χ3v) is 3.17. The van der Waals surface area contributed by atoms with Crippen LogP contribution in [0, 0.1) is 0 Å². The minimum Gasteiger partial charge on any atom is -0.271 e. The van der Waals surface area contributed by atoms with Gasteiger partial charge in [0.1, 0.15) is 0 Å². The van der Waals surface area contributed by atoms with Gasteiger partial charge in [-0.05, 0) is 37.1 Å². The highest BCUT2D eigenvalue weighted by Gasteiger charge is 2.14. The zero-order chi connectivity index (χ0) is 13.0. The number of nitrogens with one attached hydrogen (secondary N) is 1. The van der Waals surface area contributed by atoms with E-state index in [4.69, 9.17) is 17.4 Å². The Morgan fingerprint density at radius 2 is 2.28 bits per heavy atom. The lowest BCUT2D eigenvalue weighted by atomic mass is 10.0. The largest absolute Gasteiger partial charge is 0.271 e. The predicted molar refractivity (Wildman–Crippen MR) is 73.1 cm³/mol. The molecule has 0 radical (unpaired) electrons. The molecule has 4 nitrogen and oxygen atoms in total. The van der Waals surface area contributed by atoms with Crippen LogP contribution in [0.4, 0.5) is 0 Å². The first-order valence-electron chi connectivity index (χ1n) is 5.97. The molecule has 1 atom stereocenters. The predicted octanol–water partition coefficient (Wildman–Crippen LogP) is 2.30. The molecule has 0 aliphatic rings. The summed E-state index contributed by atoms with van der Waals surface area (Å²) in [7, 11) is 0. The number of aromatic nitrogens is 2. The first kappa shape index (κ1) is 13.1. The molecule has 1 aromatic heterocycles. The molecule has 96 valence electrons. The molecule has 1 unspecified atom stereocenters. The van der Waals surface area contributed by atoms with Gasteiger partial charge < -0.3 is 0 Å². The minimum absolute atomic E-state index is 0.0333. The molecule has 0 aliphatic heterocycles. The fourth-order valence-corrected chi connectivity index (χ4v) is 2.26. The number of hydrogen-bond acceptors (Lipinski definition) is 3. The normalized spacial score (nSPS) is 12.6. The summed E-state index contributed by atoms with van der Waals surface area (Å²) in [4.78, 5) is 0. The Morgan fingerprint density at radius 1 is 1.44 bits per heavy atom. The lowest BCUT2D eigenvalue weighted by Gasteiger charge is -2.17. The van der Waals surface area contributed by atoms with E-state index >= 15 is 0 Å². The Hall–Kier alpha value is -1.36. The van der Waals surface area contributed by atoms with E-state index in [2.05, 4.69) is 17.4 Å². The first-order valence-corrected chi connectivity index (χ1v) is 6.34. The maximum absolute atomic E-state index is 5.99. The van der Waals surface area contributed by atoms with Crippen molar-refractivity contribution in [1.29, 1.82) is 0 Å². The van der Waals surface area contributed by atoms with Crippen LogP contribution in [0.3, 0.4) is 0 Å². The fraction of sp³-hybridized carbons (Fsp3) is 0.308. The van der Waals surface area contributed by atoms with E-state index in [0.717, 1.165) is 29.2 Å². The van der Waals surface area contributed by atoms with Gasteiger partial charge in [0, 0.05) is 17.8 Å². The summed E-state index contributed by atoms with van der Waals surface area (Å²) in [6.07, 6.45) is 2.57. The fourth-order valence-electron chi connectivity index (χ4n) is 2.05. The zero-order valence-electron chi connectivity index (χ0n) is 10.3. The standard InChI is InChI=1S/C13H17ClN4/c1-2-18-13(6-7-16-18)12(17-15)9-10-4-3-5-11(14)8-10/h3-8,12,17H,2,9,15H2,1H3. The van der Waals surface area contributed by atoms with Gasteiger partial charge in [0.2, 0.25) is 0 Å². The lowest BCUT2D eigenvalue weighted by molar-refractivity contribution is 0.490. The van der Waals surface area contributed by atoms with Gasteiger partial charge in [-0.25, -0.2) is 0 Å². The van der Waals surface area contributed by atoms with Crippen molar-refractivity contribution < 1.29 is 0 Å². The Labute approximate surface area is 112 Å². The van der Waals surface area contributed by atoms with Crippen molar-refractivity contribution in [2.75, 3.05) is 0 Å². The van der Waals surface area contributed by atoms with Gasteiger partial charge in [-0.3, -0.25) is 16.0 Å². The molecule has 1 aromatic carbocycles. The molecular weight excluding hydrogens is 248 g/mol. The Morgan fingerprint density at radius 3 is 2.94 bits per heavy atom. The van der Waals surface area contributed by atoms with Gasteiger partial charge >= 0.3 is 0 Å². The molecule has 0 bridgehead atoms. The maximum Gasteiger partial charge on any atom is 0.0669 e. The van der Waals surface area contributed by atoms with Crippen molar-refractivity contribution in [3.63, 3.8) is 0 Å². The van der Waals surface area contributed by atoms with Gasteiger partial charge in [-0.15, -0.1) is 0 Å². The van der Waals surface area contributed by atoms with Crippen LogP contribution in [0.25, 0.3) is 0 Å². The Kier molecular flexibility index (Phi) is 4.36. The molecule has 1 heterocycles. The van der Waals surface area contributed by atoms with Crippen molar-refractivity contribution in [2.24, 2.45) is 5.84 Å². The SMILES string of the molecule is CCn1nccc1C(Cc1cccc(Cl)c1)NN. The first-order chi connectivity index (χ1) is 8.74. The van der Waals surface area contributed by atoms with Gasteiger partial charge in [0.15, 0.2) is 0 Å². The summed E-state index contributed by atoms with van der Waals surface area (Å²) in [5, 5.41) is 5.00. The number of benzene rings is 1. The van der Waals surface area contributed by atoms with Crippen molar-refractivity contribution >= 4 is 11.6 Å². The van der Waals surface area contributed by atoms with Crippen LogP contribution in [0.5, 0.6) is 0 Å². The molecule has 2 aromatic rings. The number of hydrazine groups is 1. The molecule has 0 saturated heterocycles. The highest BCUT2D eigenvalue weighted by atomic mass is 35.5. The lowest BCUT2D eigenvalue weighted by Crippen LogP contribution is -2.31. The highest BCUT2D eigenvalue weighted by molar-refractivity contribution is 6.30. The molecule has 18 heavy (non-hydrogen) atoms. The van der Waals surface area contributed by atoms with Gasteiger partial charge in [-0.1, -0.05) is 23.7 Å². The second-order valence-electron chi connectivity index (χ2n) is 4.13. The van der Waals surface area contributed by atoms with Crippen LogP contribution < -0.4 is 11.3 Å². The number of nitrogens with two attached hydrogens (primary N) is 1. The number of aryl methyl sites for hydroxylation is 1. The van der Waals surface area contributed by atoms with E-state index in [1.165, 1.54) is 0 Å². The summed E-state index contributed by atoms with van der Waals surface area (Å²) < 4.78 is 1.94. The van der Waals surface area contributed by atoms with E-state index < -0.39 is 0 Å². The monoisotopic (exact) mass is 264 g/mol. The summed E-state index contributed by atoms with van der Waals surface area (Å²) >= 11 is 5.99. The molecule has 0 amide bonds. The van der Waals surface area contributed by atoms with E-state index in [1.807, 2.05) is 35.0 Å². The van der Waals surface area contributed by atoms with E-state index in [1.54, 1.807) is 6.20 Å². The number of hydrogen-bond donors (Lipinski definition) is 2. The quantitative estimate of drug-likeness (QED) is 0.644. The van der Waals surface area contributed by atoms with Crippen LogP contribution in [0.1, 0.15) is 24.2 Å². The number of rotatable bonds is 5. The van der Waals surface area contributed by atoms with Crippen molar-refractivity contribution in [2.45, 2.75) is 25.9 Å². The van der Waals surface area contributed by atoms with Crippen LogP contribution in [0.2, 0.25) is 5.02 Å². The average Bonchev–Trinajstić information content (AvgIpc) is 2.84. The van der Waals surface area contributed by atoms with Gasteiger partial charge in [0.25, 0.3) is 0 Å². The van der Waals surface area contributed by atoms with Crippen LogP contribution in [0.15, 0.2) is 36.5 Å². The van der Waals surface area contributed by atoms with Gasteiger partial charge in [0.05, 0.1) is 11.7 Å². The van der Waals surface area contributed by atoms with Crippen molar-refractivity contribution in [1.82, 2.24) is 15.2 Å². The van der Waals surface area contributed by atoms with Gasteiger partial charge in [-0.2, -0.15) is 5.10 Å². The van der Waals surface area contributed by atoms with Crippen LogP contribution >= 0.6 is 11.6 Å². The second kappa shape index (κ2) is 6.00. The van der Waals surface area contributed by atoms with E-state index in [0.29, 0.717) is 0 Å². The van der Waals surface area contributed by atoms with E-state index in [-0.39, 0.29) is 6.04 Å². The van der Waals surface area contributed by atoms with Crippen LogP contribution in [-0.4, -0.2) is 9.78 Å². The average molecular weight is 265 g/mol.